The molecule has 7 heteroatoms. The summed E-state index contributed by atoms with van der Waals surface area (Å²) in [5, 5.41) is 0. The molecule has 0 bridgehead atoms. The molecule has 0 aliphatic carbocycles. The fraction of sp³-hybridized carbons (Fsp3) is 0.235. The topological polar surface area (TPSA) is 75.7 Å². The predicted octanol–water partition coefficient (Wildman–Crippen LogP) is 2.59. The molecule has 2 aromatic rings. The molecule has 0 saturated carbocycles. The third-order valence-electron chi connectivity index (χ3n) is 3.56. The molecular formula is C17H20N2O4S. The average Bonchev–Trinajstić information content (AvgIpc) is 2.60. The van der Waals surface area contributed by atoms with Crippen molar-refractivity contribution in [2.24, 2.45) is 0 Å². The van der Waals surface area contributed by atoms with Crippen molar-refractivity contribution in [3.63, 3.8) is 0 Å². The molecule has 1 amide bonds. The van der Waals surface area contributed by atoms with Gasteiger partial charge < -0.3 is 9.64 Å². The molecule has 1 N–H and O–H groups in total. The smallest absolute Gasteiger partial charge is 0.262 e. The van der Waals surface area contributed by atoms with Gasteiger partial charge in [0.25, 0.3) is 15.9 Å². The molecular weight excluding hydrogens is 328 g/mol. The first-order valence-electron chi connectivity index (χ1n) is 7.40. The Hall–Kier alpha value is -2.54. The lowest BCUT2D eigenvalue weighted by Crippen LogP contribution is -2.26. The normalized spacial score (nSPS) is 11.0. The molecule has 0 aromatic heterocycles. The summed E-state index contributed by atoms with van der Waals surface area (Å²) in [5.74, 6) is 0.186. The maximum atomic E-state index is 12.6. The summed E-state index contributed by atoms with van der Waals surface area (Å²) in [7, 11) is -0.707. The molecule has 0 fully saturated rings. The summed E-state index contributed by atoms with van der Waals surface area (Å²) in [6.07, 6.45) is 0. The lowest BCUT2D eigenvalue weighted by molar-refractivity contribution is 0.0802. The number of hydrogen-bond donors (Lipinski definition) is 1. The number of anilines is 1. The fourth-order valence-corrected chi connectivity index (χ4v) is 3.21. The zero-order valence-electron chi connectivity index (χ0n) is 13.8. The van der Waals surface area contributed by atoms with Crippen LogP contribution in [-0.2, 0) is 10.0 Å². The highest BCUT2D eigenvalue weighted by Crippen LogP contribution is 2.26. The number of ether oxygens (including phenoxy) is 1. The van der Waals surface area contributed by atoms with Crippen LogP contribution in [0.25, 0.3) is 0 Å². The van der Waals surface area contributed by atoms with Crippen LogP contribution in [0.3, 0.4) is 0 Å². The van der Waals surface area contributed by atoms with Gasteiger partial charge in [-0.15, -0.1) is 0 Å². The molecule has 6 nitrogen and oxygen atoms in total. The van der Waals surface area contributed by atoms with Gasteiger partial charge in [-0.05, 0) is 37.3 Å². The van der Waals surface area contributed by atoms with Gasteiger partial charge in [-0.1, -0.05) is 18.2 Å². The van der Waals surface area contributed by atoms with E-state index < -0.39 is 10.0 Å². The maximum Gasteiger partial charge on any atom is 0.262 e. The molecule has 0 unspecified atom stereocenters. The first-order valence-corrected chi connectivity index (χ1v) is 8.88. The monoisotopic (exact) mass is 348 g/mol. The van der Waals surface area contributed by atoms with Gasteiger partial charge in [0.2, 0.25) is 0 Å². The standard InChI is InChI=1S/C17H20N2O4S/c1-4-19(2)17(20)13-8-7-9-14(12-13)24(21,22)18-15-10-5-6-11-16(15)23-3/h5-12,18H,4H2,1-3H3. The van der Waals surface area contributed by atoms with Gasteiger partial charge in [0.15, 0.2) is 0 Å². The van der Waals surface area contributed by atoms with Crippen LogP contribution in [0.1, 0.15) is 17.3 Å². The maximum absolute atomic E-state index is 12.6. The second-order valence-corrected chi connectivity index (χ2v) is 6.84. The lowest BCUT2D eigenvalue weighted by atomic mass is 10.2. The van der Waals surface area contributed by atoms with Crippen LogP contribution >= 0.6 is 0 Å². The van der Waals surface area contributed by atoms with Gasteiger partial charge in [0.1, 0.15) is 5.75 Å². The second kappa shape index (κ2) is 7.35. The minimum Gasteiger partial charge on any atom is -0.495 e. The third kappa shape index (κ3) is 3.86. The number of sulfonamides is 1. The molecule has 2 rings (SSSR count). The largest absolute Gasteiger partial charge is 0.495 e. The van der Waals surface area contributed by atoms with Crippen LogP contribution in [-0.4, -0.2) is 39.9 Å². The van der Waals surface area contributed by atoms with Crippen molar-refractivity contribution in [1.82, 2.24) is 4.90 Å². The molecule has 0 spiro atoms. The van der Waals surface area contributed by atoms with E-state index in [2.05, 4.69) is 4.72 Å². The van der Waals surface area contributed by atoms with E-state index in [1.54, 1.807) is 43.4 Å². The highest BCUT2D eigenvalue weighted by Gasteiger charge is 2.19. The van der Waals surface area contributed by atoms with E-state index in [1.807, 2.05) is 6.92 Å². The van der Waals surface area contributed by atoms with Gasteiger partial charge in [-0.2, -0.15) is 0 Å². The first-order chi connectivity index (χ1) is 11.4. The number of benzene rings is 2. The molecule has 128 valence electrons. The number of nitrogens with zero attached hydrogens (tertiary/aromatic N) is 1. The molecule has 24 heavy (non-hydrogen) atoms. The van der Waals surface area contributed by atoms with Gasteiger partial charge in [0, 0.05) is 19.2 Å². The number of hydrogen-bond acceptors (Lipinski definition) is 4. The number of carbonyl (C=O) groups is 1. The van der Waals surface area contributed by atoms with Crippen molar-refractivity contribution in [2.75, 3.05) is 25.4 Å². The summed E-state index contributed by atoms with van der Waals surface area (Å²) in [6.45, 7) is 2.39. The van der Waals surface area contributed by atoms with Crippen molar-refractivity contribution in [3.05, 3.63) is 54.1 Å². The Kier molecular flexibility index (Phi) is 5.46. The number of rotatable bonds is 6. The molecule has 0 aliphatic rings. The van der Waals surface area contributed by atoms with E-state index in [1.165, 1.54) is 24.1 Å². The van der Waals surface area contributed by atoms with Crippen molar-refractivity contribution < 1.29 is 17.9 Å². The number of nitrogens with one attached hydrogen (secondary N) is 1. The number of methoxy groups -OCH3 is 1. The number of para-hydroxylation sites is 2. The minimum absolute atomic E-state index is 0.0174. The second-order valence-electron chi connectivity index (χ2n) is 5.15. The first kappa shape index (κ1) is 17.8. The van der Waals surface area contributed by atoms with Gasteiger partial charge >= 0.3 is 0 Å². The zero-order valence-corrected chi connectivity index (χ0v) is 14.6. The van der Waals surface area contributed by atoms with Crippen LogP contribution in [0, 0.1) is 0 Å². The van der Waals surface area contributed by atoms with Crippen LogP contribution in [0.4, 0.5) is 5.69 Å². The highest BCUT2D eigenvalue weighted by molar-refractivity contribution is 7.92. The summed E-state index contributed by atoms with van der Waals surface area (Å²) in [5.41, 5.74) is 0.657. The summed E-state index contributed by atoms with van der Waals surface area (Å²) in [4.78, 5) is 13.7. The molecule has 0 radical (unpaired) electrons. The van der Waals surface area contributed by atoms with E-state index in [-0.39, 0.29) is 10.8 Å². The van der Waals surface area contributed by atoms with Crippen molar-refractivity contribution in [2.45, 2.75) is 11.8 Å². The molecule has 0 aliphatic heterocycles. The fourth-order valence-electron chi connectivity index (χ4n) is 2.09. The highest BCUT2D eigenvalue weighted by atomic mass is 32.2. The van der Waals surface area contributed by atoms with Crippen LogP contribution in [0.15, 0.2) is 53.4 Å². The Morgan fingerprint density at radius 2 is 1.88 bits per heavy atom. The predicted molar refractivity (Wildman–Crippen MR) is 92.9 cm³/mol. The van der Waals surface area contributed by atoms with Gasteiger partial charge in [-0.3, -0.25) is 9.52 Å². The van der Waals surface area contributed by atoms with Gasteiger partial charge in [-0.25, -0.2) is 8.42 Å². The van der Waals surface area contributed by atoms with E-state index in [0.29, 0.717) is 23.5 Å². The van der Waals surface area contributed by atoms with Crippen molar-refractivity contribution >= 4 is 21.6 Å². The SMILES string of the molecule is CCN(C)C(=O)c1cccc(S(=O)(=O)Nc2ccccc2OC)c1. The lowest BCUT2D eigenvalue weighted by Gasteiger charge is -2.15. The average molecular weight is 348 g/mol. The Labute approximate surface area is 142 Å². The van der Waals surface area contributed by atoms with Crippen LogP contribution < -0.4 is 9.46 Å². The zero-order chi connectivity index (χ0) is 17.7. The number of carbonyl (C=O) groups excluding carboxylic acids is 1. The Balaban J connectivity index is 2.35. The van der Waals surface area contributed by atoms with E-state index in [4.69, 9.17) is 4.74 Å². The number of amides is 1. The summed E-state index contributed by atoms with van der Waals surface area (Å²) in [6, 6.07) is 12.7. The van der Waals surface area contributed by atoms with E-state index in [0.717, 1.165) is 0 Å². The Bertz CT molecular complexity index is 834. The Morgan fingerprint density at radius 3 is 2.54 bits per heavy atom. The van der Waals surface area contributed by atoms with Gasteiger partial charge in [0.05, 0.1) is 17.7 Å². The van der Waals surface area contributed by atoms with Crippen molar-refractivity contribution in [3.8, 4) is 5.75 Å². The van der Waals surface area contributed by atoms with E-state index >= 15 is 0 Å². The van der Waals surface area contributed by atoms with E-state index in [9.17, 15) is 13.2 Å². The molecule has 0 saturated heterocycles. The van der Waals surface area contributed by atoms with Crippen LogP contribution in [0.5, 0.6) is 5.75 Å². The van der Waals surface area contributed by atoms with Crippen LogP contribution in [0.2, 0.25) is 0 Å². The molecule has 0 heterocycles. The summed E-state index contributed by atoms with van der Waals surface area (Å²) < 4.78 is 32.8. The third-order valence-corrected chi connectivity index (χ3v) is 4.93. The summed E-state index contributed by atoms with van der Waals surface area (Å²) >= 11 is 0. The van der Waals surface area contributed by atoms with Crippen molar-refractivity contribution in [1.29, 1.82) is 0 Å². The Morgan fingerprint density at radius 1 is 1.17 bits per heavy atom. The molecule has 2 aromatic carbocycles. The molecule has 0 atom stereocenters. The quantitative estimate of drug-likeness (QED) is 0.870. The minimum atomic E-state index is -3.84.